The van der Waals surface area contributed by atoms with Crippen molar-refractivity contribution < 1.29 is 9.84 Å². The first-order valence-corrected chi connectivity index (χ1v) is 9.37. The van der Waals surface area contributed by atoms with E-state index < -0.39 is 0 Å². The number of ether oxygens (including phenoxy) is 1. The predicted molar refractivity (Wildman–Crippen MR) is 99.0 cm³/mol. The molecule has 0 amide bonds. The van der Waals surface area contributed by atoms with Gasteiger partial charge in [-0.05, 0) is 31.7 Å². The van der Waals surface area contributed by atoms with E-state index in [-0.39, 0.29) is 17.7 Å². The Bertz CT molecular complexity index is 848. The SMILES string of the molecule is C[C@H]1[C@H](O)CN1c1nc2c(c(-c3ccc(C4(N)COC4)cc3)n1)CCC2. The number of aliphatic hydroxyl groups is 1. The maximum absolute atomic E-state index is 9.84. The second-order valence-electron chi connectivity index (χ2n) is 7.84. The molecule has 0 unspecified atom stereocenters. The van der Waals surface area contributed by atoms with Crippen molar-refractivity contribution in [3.8, 4) is 11.3 Å². The van der Waals surface area contributed by atoms with Gasteiger partial charge in [0.25, 0.3) is 0 Å². The van der Waals surface area contributed by atoms with E-state index in [1.165, 1.54) is 5.56 Å². The molecule has 26 heavy (non-hydrogen) atoms. The van der Waals surface area contributed by atoms with Gasteiger partial charge in [0.05, 0.1) is 36.6 Å². The largest absolute Gasteiger partial charge is 0.389 e. The third-order valence-electron chi connectivity index (χ3n) is 6.06. The van der Waals surface area contributed by atoms with E-state index in [1.807, 2.05) is 6.92 Å². The molecule has 6 heteroatoms. The van der Waals surface area contributed by atoms with Crippen LogP contribution in [0, 0.1) is 0 Å². The number of aryl methyl sites for hydroxylation is 1. The van der Waals surface area contributed by atoms with Crippen molar-refractivity contribution in [2.45, 2.75) is 43.9 Å². The normalized spacial score (nSPS) is 26.2. The van der Waals surface area contributed by atoms with Crippen LogP contribution in [0.25, 0.3) is 11.3 Å². The molecule has 136 valence electrons. The van der Waals surface area contributed by atoms with E-state index in [0.29, 0.717) is 19.8 Å². The Kier molecular flexibility index (Phi) is 3.57. The fraction of sp³-hybridized carbons (Fsp3) is 0.500. The summed E-state index contributed by atoms with van der Waals surface area (Å²) < 4.78 is 5.28. The lowest BCUT2D eigenvalue weighted by Crippen LogP contribution is -2.59. The Morgan fingerprint density at radius 3 is 2.58 bits per heavy atom. The summed E-state index contributed by atoms with van der Waals surface area (Å²) in [5, 5.41) is 9.84. The molecule has 3 aliphatic rings. The molecule has 0 spiro atoms. The average Bonchev–Trinajstić information content (AvgIpc) is 3.11. The summed E-state index contributed by atoms with van der Waals surface area (Å²) in [4.78, 5) is 11.8. The van der Waals surface area contributed by atoms with Gasteiger partial charge >= 0.3 is 0 Å². The number of nitrogens with zero attached hydrogens (tertiary/aromatic N) is 3. The van der Waals surface area contributed by atoms with Gasteiger partial charge in [-0.2, -0.15) is 0 Å². The second-order valence-corrected chi connectivity index (χ2v) is 7.84. The van der Waals surface area contributed by atoms with Crippen LogP contribution in [-0.4, -0.2) is 47.0 Å². The van der Waals surface area contributed by atoms with Gasteiger partial charge < -0.3 is 20.5 Å². The monoisotopic (exact) mass is 352 g/mol. The standard InChI is InChI=1S/C20H24N4O2/c1-12-17(25)9-24(12)19-22-16-4-2-3-15(16)18(23-19)13-5-7-14(8-6-13)20(21)10-26-11-20/h5-8,12,17,25H,2-4,9-11,21H2,1H3/t12-,17+/m0/s1. The van der Waals surface area contributed by atoms with Crippen molar-refractivity contribution in [1.82, 2.24) is 9.97 Å². The van der Waals surface area contributed by atoms with E-state index >= 15 is 0 Å². The Hall–Kier alpha value is -2.02. The molecule has 2 aromatic rings. The number of anilines is 1. The zero-order valence-electron chi connectivity index (χ0n) is 15.0. The van der Waals surface area contributed by atoms with Crippen LogP contribution in [0.3, 0.4) is 0 Å². The van der Waals surface area contributed by atoms with E-state index in [2.05, 4.69) is 29.2 Å². The minimum Gasteiger partial charge on any atom is -0.389 e. The fourth-order valence-electron chi connectivity index (χ4n) is 4.09. The van der Waals surface area contributed by atoms with Gasteiger partial charge in [-0.1, -0.05) is 24.3 Å². The van der Waals surface area contributed by atoms with Gasteiger partial charge in [-0.15, -0.1) is 0 Å². The Morgan fingerprint density at radius 1 is 1.19 bits per heavy atom. The molecule has 5 rings (SSSR count). The summed E-state index contributed by atoms with van der Waals surface area (Å²) in [6, 6.07) is 8.48. The molecule has 1 aromatic carbocycles. The molecule has 0 saturated carbocycles. The number of hydrogen-bond donors (Lipinski definition) is 2. The molecule has 2 saturated heterocycles. The van der Waals surface area contributed by atoms with Crippen LogP contribution in [0.4, 0.5) is 5.95 Å². The van der Waals surface area contributed by atoms with Crippen LogP contribution in [0.15, 0.2) is 24.3 Å². The number of hydrogen-bond acceptors (Lipinski definition) is 6. The summed E-state index contributed by atoms with van der Waals surface area (Å²) >= 11 is 0. The number of benzene rings is 1. The number of aliphatic hydroxyl groups excluding tert-OH is 1. The number of β-amino-alcohol motifs (C(OH)–C–C–N with tert-alkyl or cyclic N) is 1. The molecule has 2 aliphatic heterocycles. The summed E-state index contributed by atoms with van der Waals surface area (Å²) in [6.07, 6.45) is 2.86. The Balaban J connectivity index is 1.53. The highest BCUT2D eigenvalue weighted by Gasteiger charge is 2.37. The predicted octanol–water partition coefficient (Wildman–Crippen LogP) is 1.39. The molecular formula is C20H24N4O2. The van der Waals surface area contributed by atoms with Gasteiger partial charge in [0, 0.05) is 23.4 Å². The van der Waals surface area contributed by atoms with Gasteiger partial charge in [0.1, 0.15) is 0 Å². The minimum atomic E-state index is -0.347. The molecule has 0 radical (unpaired) electrons. The zero-order chi connectivity index (χ0) is 17.9. The number of aromatic nitrogens is 2. The maximum atomic E-state index is 9.84. The highest BCUT2D eigenvalue weighted by atomic mass is 16.5. The summed E-state index contributed by atoms with van der Waals surface area (Å²) in [6.45, 7) is 3.78. The third kappa shape index (κ3) is 2.36. The summed E-state index contributed by atoms with van der Waals surface area (Å²) in [7, 11) is 0. The third-order valence-corrected chi connectivity index (χ3v) is 6.06. The Morgan fingerprint density at radius 2 is 1.96 bits per heavy atom. The van der Waals surface area contributed by atoms with E-state index in [1.54, 1.807) is 0 Å². The topological polar surface area (TPSA) is 84.5 Å². The van der Waals surface area contributed by atoms with Gasteiger partial charge in [-0.25, -0.2) is 9.97 Å². The molecule has 1 aromatic heterocycles. The van der Waals surface area contributed by atoms with Gasteiger partial charge in [0.2, 0.25) is 5.95 Å². The van der Waals surface area contributed by atoms with Gasteiger partial charge in [0.15, 0.2) is 0 Å². The maximum Gasteiger partial charge on any atom is 0.226 e. The van der Waals surface area contributed by atoms with Crippen molar-refractivity contribution in [2.24, 2.45) is 5.73 Å². The quantitative estimate of drug-likeness (QED) is 0.868. The first-order valence-electron chi connectivity index (χ1n) is 9.37. The Labute approximate surface area is 153 Å². The molecule has 2 fully saturated rings. The lowest BCUT2D eigenvalue weighted by Gasteiger charge is -2.43. The van der Waals surface area contributed by atoms with Crippen LogP contribution in [0.1, 0.15) is 30.2 Å². The highest BCUT2D eigenvalue weighted by Crippen LogP contribution is 2.35. The molecule has 1 aliphatic carbocycles. The first-order chi connectivity index (χ1) is 12.5. The van der Waals surface area contributed by atoms with Crippen molar-refractivity contribution in [2.75, 3.05) is 24.7 Å². The average molecular weight is 352 g/mol. The molecule has 2 atom stereocenters. The molecular weight excluding hydrogens is 328 g/mol. The lowest BCUT2D eigenvalue weighted by molar-refractivity contribution is -0.0569. The van der Waals surface area contributed by atoms with Crippen molar-refractivity contribution in [3.05, 3.63) is 41.1 Å². The van der Waals surface area contributed by atoms with Crippen LogP contribution in [0.5, 0.6) is 0 Å². The number of fused-ring (bicyclic) bond motifs is 1. The van der Waals surface area contributed by atoms with Crippen LogP contribution in [0.2, 0.25) is 0 Å². The van der Waals surface area contributed by atoms with Crippen LogP contribution < -0.4 is 10.6 Å². The molecule has 3 N–H and O–H groups in total. The molecule has 0 bridgehead atoms. The molecule has 3 heterocycles. The summed E-state index contributed by atoms with van der Waals surface area (Å²) in [5.41, 5.74) is 11.7. The minimum absolute atomic E-state index is 0.0698. The highest BCUT2D eigenvalue weighted by molar-refractivity contribution is 5.67. The number of nitrogens with two attached hydrogens (primary N) is 1. The van der Waals surface area contributed by atoms with Crippen molar-refractivity contribution in [3.63, 3.8) is 0 Å². The number of rotatable bonds is 3. The van der Waals surface area contributed by atoms with E-state index in [0.717, 1.165) is 47.7 Å². The van der Waals surface area contributed by atoms with Crippen molar-refractivity contribution in [1.29, 1.82) is 0 Å². The van der Waals surface area contributed by atoms with E-state index in [9.17, 15) is 5.11 Å². The van der Waals surface area contributed by atoms with Gasteiger partial charge in [-0.3, -0.25) is 0 Å². The second kappa shape index (κ2) is 5.74. The smallest absolute Gasteiger partial charge is 0.226 e. The zero-order valence-corrected chi connectivity index (χ0v) is 15.0. The lowest BCUT2D eigenvalue weighted by atomic mass is 9.88. The fourth-order valence-corrected chi connectivity index (χ4v) is 4.09. The van der Waals surface area contributed by atoms with Crippen LogP contribution in [-0.2, 0) is 23.1 Å². The van der Waals surface area contributed by atoms with Crippen LogP contribution >= 0.6 is 0 Å². The first kappa shape index (κ1) is 16.2. The summed E-state index contributed by atoms with van der Waals surface area (Å²) in [5.74, 6) is 0.741. The van der Waals surface area contributed by atoms with Crippen molar-refractivity contribution >= 4 is 5.95 Å². The molecule has 6 nitrogen and oxygen atoms in total. The van der Waals surface area contributed by atoms with E-state index in [4.69, 9.17) is 20.4 Å².